The van der Waals surface area contributed by atoms with Gasteiger partial charge in [0.25, 0.3) is 0 Å². The first-order valence-electron chi connectivity index (χ1n) is 13.7. The third-order valence-electron chi connectivity index (χ3n) is 7.26. The number of imidazole rings is 1. The number of aromatic nitrogens is 2. The highest BCUT2D eigenvalue weighted by Crippen LogP contribution is 2.35. The second-order valence-corrected chi connectivity index (χ2v) is 13.4. The molecule has 0 bridgehead atoms. The van der Waals surface area contributed by atoms with Crippen LogP contribution in [-0.2, 0) is 21.4 Å². The van der Waals surface area contributed by atoms with E-state index in [9.17, 15) is 13.2 Å². The number of hydrogen-bond donors (Lipinski definition) is 3. The normalized spacial score (nSPS) is 19.0. The summed E-state index contributed by atoms with van der Waals surface area (Å²) < 4.78 is 29.4. The van der Waals surface area contributed by atoms with Crippen LogP contribution in [-0.4, -0.2) is 42.2 Å². The van der Waals surface area contributed by atoms with E-state index in [0.717, 1.165) is 41.9 Å². The maximum absolute atomic E-state index is 13.7. The molecule has 0 unspecified atom stereocenters. The van der Waals surface area contributed by atoms with Crippen LogP contribution in [0, 0.1) is 11.3 Å². The third-order valence-corrected chi connectivity index (χ3v) is 8.73. The van der Waals surface area contributed by atoms with Gasteiger partial charge in [0.05, 0.1) is 17.5 Å². The summed E-state index contributed by atoms with van der Waals surface area (Å²) in [5, 5.41) is 3.32. The first-order chi connectivity index (χ1) is 18.6. The molecule has 1 saturated carbocycles. The number of benzene rings is 2. The molecule has 3 atom stereocenters. The van der Waals surface area contributed by atoms with Gasteiger partial charge < -0.3 is 15.6 Å². The van der Waals surface area contributed by atoms with E-state index in [2.05, 4.69) is 53.7 Å². The van der Waals surface area contributed by atoms with Crippen LogP contribution in [0.1, 0.15) is 63.9 Å². The fourth-order valence-electron chi connectivity index (χ4n) is 5.25. The van der Waals surface area contributed by atoms with Crippen LogP contribution < -0.4 is 15.8 Å². The molecular weight excluding hydrogens is 510 g/mol. The van der Waals surface area contributed by atoms with Gasteiger partial charge in [-0.3, -0.25) is 4.79 Å². The van der Waals surface area contributed by atoms with Gasteiger partial charge in [-0.1, -0.05) is 87.9 Å². The molecule has 39 heavy (non-hydrogen) atoms. The van der Waals surface area contributed by atoms with Crippen LogP contribution in [0.15, 0.2) is 66.9 Å². The van der Waals surface area contributed by atoms with Crippen molar-refractivity contribution in [3.8, 4) is 11.3 Å². The van der Waals surface area contributed by atoms with Crippen molar-refractivity contribution in [2.75, 3.05) is 12.3 Å². The van der Waals surface area contributed by atoms with Gasteiger partial charge in [-0.25, -0.2) is 18.1 Å². The van der Waals surface area contributed by atoms with Gasteiger partial charge in [-0.05, 0) is 30.2 Å². The Bertz CT molecular complexity index is 1330. The second kappa shape index (κ2) is 12.4. The van der Waals surface area contributed by atoms with E-state index in [1.165, 1.54) is 0 Å². The summed E-state index contributed by atoms with van der Waals surface area (Å²) in [4.78, 5) is 18.7. The Labute approximate surface area is 232 Å². The zero-order valence-electron chi connectivity index (χ0n) is 23.1. The molecule has 1 aromatic heterocycles. The van der Waals surface area contributed by atoms with Gasteiger partial charge in [0.1, 0.15) is 5.82 Å². The summed E-state index contributed by atoms with van der Waals surface area (Å²) >= 11 is 0. The molecule has 1 aliphatic carbocycles. The van der Waals surface area contributed by atoms with E-state index < -0.39 is 10.0 Å². The summed E-state index contributed by atoms with van der Waals surface area (Å²) in [6.45, 7) is 7.01. The number of rotatable bonds is 10. The first-order valence-corrected chi connectivity index (χ1v) is 15.4. The lowest BCUT2D eigenvalue weighted by Gasteiger charge is -2.34. The largest absolute Gasteiger partial charge is 0.345 e. The molecule has 2 aromatic carbocycles. The fourth-order valence-corrected chi connectivity index (χ4v) is 6.40. The van der Waals surface area contributed by atoms with E-state index in [4.69, 9.17) is 10.7 Å². The molecule has 4 rings (SSSR count). The molecule has 1 amide bonds. The molecule has 1 fully saturated rings. The van der Waals surface area contributed by atoms with Crippen LogP contribution in [0.5, 0.6) is 0 Å². The van der Waals surface area contributed by atoms with Gasteiger partial charge >= 0.3 is 0 Å². The predicted octanol–water partition coefficient (Wildman–Crippen LogP) is 4.24. The summed E-state index contributed by atoms with van der Waals surface area (Å²) in [5.41, 5.74) is 8.16. The number of nitrogens with one attached hydrogen (secondary N) is 2. The average molecular weight is 552 g/mol. The lowest BCUT2D eigenvalue weighted by Crippen LogP contribution is -2.46. The Morgan fingerprint density at radius 2 is 1.74 bits per heavy atom. The Kier molecular flexibility index (Phi) is 9.25. The van der Waals surface area contributed by atoms with Crippen molar-refractivity contribution < 1.29 is 13.2 Å². The minimum absolute atomic E-state index is 0.0619. The number of nitrogens with two attached hydrogens (primary N) is 1. The predicted molar refractivity (Wildman–Crippen MR) is 155 cm³/mol. The van der Waals surface area contributed by atoms with Gasteiger partial charge in [0.15, 0.2) is 0 Å². The maximum Gasteiger partial charge on any atom is 0.223 e. The van der Waals surface area contributed by atoms with E-state index in [1.807, 2.05) is 48.5 Å². The summed E-state index contributed by atoms with van der Waals surface area (Å²) in [6, 6.07) is 19.7. The summed E-state index contributed by atoms with van der Waals surface area (Å²) in [5.74, 6) is 0.350. The van der Waals surface area contributed by atoms with Crippen LogP contribution in [0.4, 0.5) is 0 Å². The zero-order valence-corrected chi connectivity index (χ0v) is 24.0. The molecule has 0 radical (unpaired) electrons. The van der Waals surface area contributed by atoms with E-state index >= 15 is 0 Å². The Hall–Kier alpha value is -3.01. The SMILES string of the molecule is CC(C)(C)[C@@H](NC(=O)[C@@H]1CCC[C@H](NS(=O)(=O)CCN)C1)c1nc(-c2ccccc2)cn1Cc1ccccc1. The Morgan fingerprint density at radius 3 is 2.38 bits per heavy atom. The average Bonchev–Trinajstić information content (AvgIpc) is 3.30. The van der Waals surface area contributed by atoms with Crippen molar-refractivity contribution in [2.24, 2.45) is 17.1 Å². The highest BCUT2D eigenvalue weighted by molar-refractivity contribution is 7.89. The smallest absolute Gasteiger partial charge is 0.223 e. The molecular formula is C30H41N5O3S. The minimum Gasteiger partial charge on any atom is -0.345 e. The van der Waals surface area contributed by atoms with Crippen LogP contribution in [0.2, 0.25) is 0 Å². The highest BCUT2D eigenvalue weighted by Gasteiger charge is 2.36. The topological polar surface area (TPSA) is 119 Å². The zero-order chi connectivity index (χ0) is 28.0. The molecule has 8 nitrogen and oxygen atoms in total. The van der Waals surface area contributed by atoms with Crippen LogP contribution in [0.25, 0.3) is 11.3 Å². The highest BCUT2D eigenvalue weighted by atomic mass is 32.2. The maximum atomic E-state index is 13.7. The van der Waals surface area contributed by atoms with Crippen molar-refractivity contribution in [1.82, 2.24) is 19.6 Å². The van der Waals surface area contributed by atoms with E-state index in [-0.39, 0.29) is 41.6 Å². The molecule has 4 N–H and O–H groups in total. The number of sulfonamides is 1. The number of carbonyl (C=O) groups is 1. The van der Waals surface area contributed by atoms with Crippen LogP contribution >= 0.6 is 0 Å². The molecule has 3 aromatic rings. The van der Waals surface area contributed by atoms with Crippen molar-refractivity contribution in [1.29, 1.82) is 0 Å². The molecule has 0 aliphatic heterocycles. The Balaban J connectivity index is 1.61. The molecule has 9 heteroatoms. The monoisotopic (exact) mass is 551 g/mol. The van der Waals surface area contributed by atoms with E-state index in [0.29, 0.717) is 13.0 Å². The van der Waals surface area contributed by atoms with Gasteiger partial charge in [-0.15, -0.1) is 0 Å². The minimum atomic E-state index is -3.45. The molecule has 0 saturated heterocycles. The van der Waals surface area contributed by atoms with Gasteiger partial charge in [0, 0.05) is 36.8 Å². The quantitative estimate of drug-likeness (QED) is 0.348. The molecule has 1 aliphatic rings. The molecule has 0 spiro atoms. The van der Waals surface area contributed by atoms with Crippen molar-refractivity contribution in [2.45, 2.75) is 65.1 Å². The van der Waals surface area contributed by atoms with Crippen molar-refractivity contribution >= 4 is 15.9 Å². The van der Waals surface area contributed by atoms with E-state index in [1.54, 1.807) is 0 Å². The number of carbonyl (C=O) groups excluding carboxylic acids is 1. The van der Waals surface area contributed by atoms with Gasteiger partial charge in [-0.2, -0.15) is 0 Å². The molecule has 1 heterocycles. The van der Waals surface area contributed by atoms with Crippen molar-refractivity contribution in [3.05, 3.63) is 78.2 Å². The third kappa shape index (κ3) is 7.77. The number of nitrogens with zero attached hydrogens (tertiary/aromatic N) is 2. The lowest BCUT2D eigenvalue weighted by molar-refractivity contribution is -0.127. The first kappa shape index (κ1) is 29.0. The standard InChI is InChI=1S/C30H41N5O3S/c1-30(2,3)27(33-29(36)24-15-10-16-25(19-24)34-39(37,38)18-17-31)28-32-26(23-13-8-5-9-14-23)21-35(28)20-22-11-6-4-7-12-22/h4-9,11-14,21,24-25,27,34H,10,15-20,31H2,1-3H3,(H,33,36)/t24-,25+,27+/m1/s1. The molecule has 210 valence electrons. The lowest BCUT2D eigenvalue weighted by atomic mass is 9.83. The summed E-state index contributed by atoms with van der Waals surface area (Å²) in [7, 11) is -3.45. The second-order valence-electron chi connectivity index (χ2n) is 11.6. The number of hydrogen-bond acceptors (Lipinski definition) is 5. The van der Waals surface area contributed by atoms with Crippen LogP contribution in [0.3, 0.4) is 0 Å². The fraction of sp³-hybridized carbons (Fsp3) is 0.467. The number of amides is 1. The summed E-state index contributed by atoms with van der Waals surface area (Å²) in [6.07, 6.45) is 4.77. The van der Waals surface area contributed by atoms with Crippen molar-refractivity contribution in [3.63, 3.8) is 0 Å². The van der Waals surface area contributed by atoms with Gasteiger partial charge in [0.2, 0.25) is 15.9 Å². The Morgan fingerprint density at radius 1 is 1.08 bits per heavy atom.